The first-order chi connectivity index (χ1) is 10.1. The van der Waals surface area contributed by atoms with Crippen molar-refractivity contribution in [3.63, 3.8) is 0 Å². The number of primary sulfonamides is 1. The summed E-state index contributed by atoms with van der Waals surface area (Å²) in [6, 6.07) is 11.0. The van der Waals surface area contributed by atoms with Crippen LogP contribution < -0.4 is 5.14 Å². The van der Waals surface area contributed by atoms with Crippen molar-refractivity contribution >= 4 is 10.0 Å². The highest BCUT2D eigenvalue weighted by Crippen LogP contribution is 2.34. The lowest BCUT2D eigenvalue weighted by Crippen LogP contribution is -2.12. The molecule has 2 aromatic rings. The van der Waals surface area contributed by atoms with Gasteiger partial charge in [-0.15, -0.1) is 0 Å². The minimum absolute atomic E-state index is 0.151. The van der Waals surface area contributed by atoms with Crippen molar-refractivity contribution in [1.82, 2.24) is 4.57 Å². The number of hydrogen-bond acceptors (Lipinski definition) is 2. The van der Waals surface area contributed by atoms with Gasteiger partial charge < -0.3 is 4.57 Å². The Hall–Kier alpha value is -1.59. The highest BCUT2D eigenvalue weighted by atomic mass is 32.2. The summed E-state index contributed by atoms with van der Waals surface area (Å²) in [7, 11) is -3.63. The molecular weight excluding hydrogens is 284 g/mol. The van der Waals surface area contributed by atoms with Gasteiger partial charge in [0.25, 0.3) is 0 Å². The Labute approximate surface area is 125 Å². The van der Waals surface area contributed by atoms with E-state index in [0.29, 0.717) is 5.92 Å². The van der Waals surface area contributed by atoms with E-state index >= 15 is 0 Å². The maximum Gasteiger partial charge on any atom is 0.238 e. The largest absolute Gasteiger partial charge is 0.321 e. The quantitative estimate of drug-likeness (QED) is 0.946. The molecule has 3 rings (SSSR count). The van der Waals surface area contributed by atoms with Crippen LogP contribution in [0.25, 0.3) is 5.69 Å². The Morgan fingerprint density at radius 3 is 2.29 bits per heavy atom. The topological polar surface area (TPSA) is 65.1 Å². The molecule has 0 spiro atoms. The fourth-order valence-corrected chi connectivity index (χ4v) is 3.67. The molecule has 1 saturated carbocycles. The molecule has 0 radical (unpaired) electrons. The molecule has 1 aromatic carbocycles. The first-order valence-electron chi connectivity index (χ1n) is 7.36. The maximum atomic E-state index is 11.3. The minimum atomic E-state index is -3.63. The second-order valence-corrected chi connectivity index (χ2v) is 7.24. The molecular formula is C16H20N2O2S. The number of nitrogens with two attached hydrogens (primary N) is 1. The van der Waals surface area contributed by atoms with Crippen LogP contribution in [0.3, 0.4) is 0 Å². The van der Waals surface area contributed by atoms with E-state index in [0.717, 1.165) is 5.69 Å². The molecule has 0 saturated heterocycles. The lowest BCUT2D eigenvalue weighted by Gasteiger charge is -2.23. The van der Waals surface area contributed by atoms with Crippen LogP contribution in [0.2, 0.25) is 0 Å². The normalized spacial score (nSPS) is 17.0. The second-order valence-electron chi connectivity index (χ2n) is 5.68. The summed E-state index contributed by atoms with van der Waals surface area (Å²) < 4.78 is 24.8. The molecule has 112 valence electrons. The van der Waals surface area contributed by atoms with Gasteiger partial charge in [0.15, 0.2) is 0 Å². The summed E-state index contributed by atoms with van der Waals surface area (Å²) in [4.78, 5) is 0.151. The lowest BCUT2D eigenvalue weighted by atomic mass is 9.87. The molecule has 1 aromatic heterocycles. The Kier molecular flexibility index (Phi) is 3.87. The zero-order valence-corrected chi connectivity index (χ0v) is 12.7. The summed E-state index contributed by atoms with van der Waals surface area (Å²) in [5, 5.41) is 5.14. The van der Waals surface area contributed by atoms with Gasteiger partial charge in [0.1, 0.15) is 0 Å². The van der Waals surface area contributed by atoms with Gasteiger partial charge in [-0.2, -0.15) is 0 Å². The first-order valence-corrected chi connectivity index (χ1v) is 8.91. The fraction of sp³-hybridized carbons (Fsp3) is 0.375. The summed E-state index contributed by atoms with van der Waals surface area (Å²) in [5.41, 5.74) is 2.30. The molecule has 0 unspecified atom stereocenters. The van der Waals surface area contributed by atoms with Gasteiger partial charge in [-0.25, -0.2) is 13.6 Å². The smallest absolute Gasteiger partial charge is 0.238 e. The molecule has 21 heavy (non-hydrogen) atoms. The van der Waals surface area contributed by atoms with Crippen molar-refractivity contribution in [1.29, 1.82) is 0 Å². The number of hydrogen-bond donors (Lipinski definition) is 1. The zero-order valence-electron chi connectivity index (χ0n) is 11.9. The highest BCUT2D eigenvalue weighted by molar-refractivity contribution is 7.89. The van der Waals surface area contributed by atoms with Gasteiger partial charge >= 0.3 is 0 Å². The molecule has 5 heteroatoms. The van der Waals surface area contributed by atoms with E-state index < -0.39 is 10.0 Å². The van der Waals surface area contributed by atoms with Crippen molar-refractivity contribution in [2.45, 2.75) is 42.9 Å². The lowest BCUT2D eigenvalue weighted by molar-refractivity contribution is 0.433. The molecule has 0 amide bonds. The summed E-state index contributed by atoms with van der Waals surface area (Å²) in [6.07, 6.45) is 8.43. The number of aromatic nitrogens is 1. The Morgan fingerprint density at radius 2 is 1.67 bits per heavy atom. The Morgan fingerprint density at radius 1 is 1.00 bits per heavy atom. The number of benzene rings is 1. The van der Waals surface area contributed by atoms with E-state index in [1.54, 1.807) is 12.1 Å². The molecule has 0 aliphatic heterocycles. The monoisotopic (exact) mass is 304 g/mol. The molecule has 4 nitrogen and oxygen atoms in total. The summed E-state index contributed by atoms with van der Waals surface area (Å²) >= 11 is 0. The van der Waals surface area contributed by atoms with E-state index in [9.17, 15) is 8.42 Å². The van der Waals surface area contributed by atoms with Gasteiger partial charge in [-0.3, -0.25) is 0 Å². The molecule has 0 bridgehead atoms. The molecule has 1 aliphatic carbocycles. The average Bonchev–Trinajstić information content (AvgIpc) is 2.97. The van der Waals surface area contributed by atoms with Crippen molar-refractivity contribution in [2.24, 2.45) is 5.14 Å². The van der Waals surface area contributed by atoms with Crippen LogP contribution in [0.15, 0.2) is 47.5 Å². The van der Waals surface area contributed by atoms with Crippen LogP contribution >= 0.6 is 0 Å². The van der Waals surface area contributed by atoms with Gasteiger partial charge in [0.2, 0.25) is 10.0 Å². The van der Waals surface area contributed by atoms with Crippen molar-refractivity contribution in [3.05, 3.63) is 48.3 Å². The highest BCUT2D eigenvalue weighted by Gasteiger charge is 2.19. The molecule has 0 atom stereocenters. The predicted octanol–water partition coefficient (Wildman–Crippen LogP) is 3.17. The number of rotatable bonds is 3. The van der Waals surface area contributed by atoms with Crippen molar-refractivity contribution in [2.75, 3.05) is 0 Å². The standard InChI is InChI=1S/C16H20N2O2S/c17-21(19,20)15-10-8-14(9-11-15)18-12-4-7-16(18)13-5-2-1-3-6-13/h4,7-13H,1-3,5-6H2,(H2,17,19,20). The van der Waals surface area contributed by atoms with Crippen LogP contribution in [0, 0.1) is 0 Å². The van der Waals surface area contributed by atoms with E-state index in [2.05, 4.69) is 16.7 Å². The summed E-state index contributed by atoms with van der Waals surface area (Å²) in [5.74, 6) is 0.603. The molecule has 1 aliphatic rings. The fourth-order valence-electron chi connectivity index (χ4n) is 3.16. The van der Waals surface area contributed by atoms with E-state index in [4.69, 9.17) is 5.14 Å². The van der Waals surface area contributed by atoms with Crippen LogP contribution in [-0.2, 0) is 10.0 Å². The second kappa shape index (κ2) is 5.66. The van der Waals surface area contributed by atoms with E-state index in [-0.39, 0.29) is 4.90 Å². The average molecular weight is 304 g/mol. The van der Waals surface area contributed by atoms with E-state index in [1.807, 2.05) is 18.3 Å². The number of nitrogens with zero attached hydrogens (tertiary/aromatic N) is 1. The van der Waals surface area contributed by atoms with Crippen LogP contribution in [0.5, 0.6) is 0 Å². The Balaban J connectivity index is 1.92. The van der Waals surface area contributed by atoms with Gasteiger partial charge in [-0.1, -0.05) is 19.3 Å². The van der Waals surface area contributed by atoms with Gasteiger partial charge in [0, 0.05) is 17.6 Å². The SMILES string of the molecule is NS(=O)(=O)c1ccc(-n2cccc2C2CCCCC2)cc1. The zero-order chi connectivity index (χ0) is 14.9. The third kappa shape index (κ3) is 3.04. The van der Waals surface area contributed by atoms with Crippen LogP contribution in [0.1, 0.15) is 43.7 Å². The third-order valence-corrected chi connectivity index (χ3v) is 5.18. The molecule has 1 heterocycles. The van der Waals surface area contributed by atoms with Crippen molar-refractivity contribution < 1.29 is 8.42 Å². The first kappa shape index (κ1) is 14.4. The maximum absolute atomic E-state index is 11.3. The molecule has 2 N–H and O–H groups in total. The van der Waals surface area contributed by atoms with Crippen LogP contribution in [0.4, 0.5) is 0 Å². The summed E-state index contributed by atoms with van der Waals surface area (Å²) in [6.45, 7) is 0. The van der Waals surface area contributed by atoms with Gasteiger partial charge in [0.05, 0.1) is 4.90 Å². The van der Waals surface area contributed by atoms with Gasteiger partial charge in [-0.05, 0) is 55.2 Å². The van der Waals surface area contributed by atoms with Crippen molar-refractivity contribution in [3.8, 4) is 5.69 Å². The predicted molar refractivity (Wildman–Crippen MR) is 83.0 cm³/mol. The third-order valence-electron chi connectivity index (χ3n) is 4.25. The minimum Gasteiger partial charge on any atom is -0.321 e. The van der Waals surface area contributed by atoms with E-state index in [1.165, 1.54) is 37.8 Å². The van der Waals surface area contributed by atoms with Crippen LogP contribution in [-0.4, -0.2) is 13.0 Å². The molecule has 1 fully saturated rings. The number of sulfonamides is 1. The Bertz CT molecular complexity index is 711.